The van der Waals surface area contributed by atoms with Crippen LogP contribution in [0.4, 0.5) is 0 Å². The molecule has 2 aliphatic carbocycles. The van der Waals surface area contributed by atoms with Crippen molar-refractivity contribution in [2.24, 2.45) is 17.8 Å². The summed E-state index contributed by atoms with van der Waals surface area (Å²) in [6.45, 7) is 2.21. The Morgan fingerprint density at radius 3 is 2.69 bits per heavy atom. The van der Waals surface area contributed by atoms with Gasteiger partial charge in [0.15, 0.2) is 0 Å². The molecule has 1 heterocycles. The van der Waals surface area contributed by atoms with Gasteiger partial charge in [-0.25, -0.2) is 0 Å². The Morgan fingerprint density at radius 1 is 1.25 bits per heavy atom. The summed E-state index contributed by atoms with van der Waals surface area (Å²) in [5.74, 6) is 2.50. The minimum Gasteiger partial charge on any atom is -0.352 e. The van der Waals surface area contributed by atoms with Gasteiger partial charge in [-0.1, -0.05) is 0 Å². The number of hydrogen-bond donors (Lipinski definition) is 1. The van der Waals surface area contributed by atoms with Crippen LogP contribution in [0.25, 0.3) is 0 Å². The molecule has 0 radical (unpaired) electrons. The lowest BCUT2D eigenvalue weighted by Crippen LogP contribution is -2.47. The molecule has 0 spiro atoms. The summed E-state index contributed by atoms with van der Waals surface area (Å²) in [4.78, 5) is 14.4. The molecule has 0 bridgehead atoms. The van der Waals surface area contributed by atoms with Crippen LogP contribution in [-0.4, -0.2) is 37.0 Å². The van der Waals surface area contributed by atoms with E-state index in [1.54, 1.807) is 0 Å². The average Bonchev–Trinajstić information content (AvgIpc) is 2.86. The van der Waals surface area contributed by atoms with Gasteiger partial charge in [0, 0.05) is 18.5 Å². The predicted octanol–water partition coefficient (Wildman–Crippen LogP) is 1.24. The SMILES string of the molecule is CN1CCCC(NC(=O)C2CC3CC3C2)C1. The second-order valence-electron chi connectivity index (χ2n) is 6.03. The molecule has 1 amide bonds. The van der Waals surface area contributed by atoms with Crippen molar-refractivity contribution >= 4 is 5.91 Å². The third kappa shape index (κ3) is 2.10. The second-order valence-corrected chi connectivity index (χ2v) is 6.03. The number of piperidine rings is 1. The molecule has 3 atom stereocenters. The van der Waals surface area contributed by atoms with Gasteiger partial charge >= 0.3 is 0 Å². The smallest absolute Gasteiger partial charge is 0.223 e. The summed E-state index contributed by atoms with van der Waals surface area (Å²) in [7, 11) is 2.14. The molecule has 0 aromatic carbocycles. The van der Waals surface area contributed by atoms with Crippen LogP contribution in [0, 0.1) is 17.8 Å². The van der Waals surface area contributed by atoms with E-state index in [0.29, 0.717) is 17.9 Å². The Morgan fingerprint density at radius 2 is 2.00 bits per heavy atom. The van der Waals surface area contributed by atoms with Gasteiger partial charge in [-0.15, -0.1) is 0 Å². The molecule has 3 aliphatic rings. The number of likely N-dealkylation sites (N-methyl/N-ethyl adjacent to an activating group) is 1. The first-order valence-corrected chi connectivity index (χ1v) is 6.71. The number of fused-ring (bicyclic) bond motifs is 1. The fourth-order valence-electron chi connectivity index (χ4n) is 3.53. The Hall–Kier alpha value is -0.570. The topological polar surface area (TPSA) is 32.3 Å². The van der Waals surface area contributed by atoms with Gasteiger partial charge in [-0.2, -0.15) is 0 Å². The number of carbonyl (C=O) groups is 1. The molecule has 1 N–H and O–H groups in total. The third-order valence-electron chi connectivity index (χ3n) is 4.59. The van der Waals surface area contributed by atoms with E-state index in [-0.39, 0.29) is 0 Å². The first kappa shape index (κ1) is 10.6. The van der Waals surface area contributed by atoms with E-state index in [1.807, 2.05) is 0 Å². The lowest BCUT2D eigenvalue weighted by atomic mass is 10.0. The largest absolute Gasteiger partial charge is 0.352 e. The van der Waals surface area contributed by atoms with Crippen molar-refractivity contribution in [1.82, 2.24) is 10.2 Å². The van der Waals surface area contributed by atoms with E-state index in [4.69, 9.17) is 0 Å². The highest BCUT2D eigenvalue weighted by Crippen LogP contribution is 2.54. The lowest BCUT2D eigenvalue weighted by Gasteiger charge is -2.31. The number of hydrogen-bond acceptors (Lipinski definition) is 2. The summed E-state index contributed by atoms with van der Waals surface area (Å²) in [5, 5.41) is 3.25. The molecule has 0 aromatic rings. The molecule has 16 heavy (non-hydrogen) atoms. The van der Waals surface area contributed by atoms with Crippen LogP contribution in [0.2, 0.25) is 0 Å². The summed E-state index contributed by atoms with van der Waals surface area (Å²) in [5.41, 5.74) is 0. The zero-order chi connectivity index (χ0) is 11.1. The third-order valence-corrected chi connectivity index (χ3v) is 4.59. The van der Waals surface area contributed by atoms with Crippen LogP contribution >= 0.6 is 0 Å². The van der Waals surface area contributed by atoms with Crippen LogP contribution in [0.5, 0.6) is 0 Å². The summed E-state index contributed by atoms with van der Waals surface area (Å²) in [6, 6.07) is 0.406. The minimum atomic E-state index is 0.340. The highest BCUT2D eigenvalue weighted by molar-refractivity contribution is 5.79. The van der Waals surface area contributed by atoms with Crippen LogP contribution in [-0.2, 0) is 4.79 Å². The monoisotopic (exact) mass is 222 g/mol. The van der Waals surface area contributed by atoms with Gasteiger partial charge in [0.25, 0.3) is 0 Å². The first-order valence-electron chi connectivity index (χ1n) is 6.71. The van der Waals surface area contributed by atoms with E-state index in [9.17, 15) is 4.79 Å². The van der Waals surface area contributed by atoms with E-state index in [0.717, 1.165) is 24.8 Å². The van der Waals surface area contributed by atoms with Gasteiger partial charge in [-0.05, 0) is 57.5 Å². The predicted molar refractivity (Wildman–Crippen MR) is 63.0 cm³/mol. The van der Waals surface area contributed by atoms with E-state index >= 15 is 0 Å². The quantitative estimate of drug-likeness (QED) is 0.762. The number of nitrogens with zero attached hydrogens (tertiary/aromatic N) is 1. The first-order chi connectivity index (χ1) is 7.72. The van der Waals surface area contributed by atoms with Crippen molar-refractivity contribution in [1.29, 1.82) is 0 Å². The van der Waals surface area contributed by atoms with Gasteiger partial charge in [-0.3, -0.25) is 4.79 Å². The number of carbonyl (C=O) groups excluding carboxylic acids is 1. The van der Waals surface area contributed by atoms with Crippen molar-refractivity contribution in [2.75, 3.05) is 20.1 Å². The molecule has 1 aliphatic heterocycles. The molecule has 3 heteroatoms. The summed E-state index contributed by atoms with van der Waals surface area (Å²) < 4.78 is 0. The van der Waals surface area contributed by atoms with Crippen molar-refractivity contribution in [3.05, 3.63) is 0 Å². The van der Waals surface area contributed by atoms with E-state index in [2.05, 4.69) is 17.3 Å². The summed E-state index contributed by atoms with van der Waals surface area (Å²) in [6.07, 6.45) is 6.11. The fourth-order valence-corrected chi connectivity index (χ4v) is 3.53. The standard InChI is InChI=1S/C13H22N2O/c1-15-4-2-3-12(8-15)14-13(16)11-6-9-5-10(9)7-11/h9-12H,2-8H2,1H3,(H,14,16). The molecule has 3 nitrogen and oxygen atoms in total. The molecular formula is C13H22N2O. The molecule has 3 rings (SSSR count). The number of rotatable bonds is 2. The maximum absolute atomic E-state index is 12.1. The Labute approximate surface area is 97.6 Å². The fraction of sp³-hybridized carbons (Fsp3) is 0.923. The van der Waals surface area contributed by atoms with E-state index in [1.165, 1.54) is 32.2 Å². The molecule has 3 unspecified atom stereocenters. The average molecular weight is 222 g/mol. The van der Waals surface area contributed by atoms with E-state index < -0.39 is 0 Å². The lowest BCUT2D eigenvalue weighted by molar-refractivity contribution is -0.126. The minimum absolute atomic E-state index is 0.340. The molecule has 1 saturated heterocycles. The van der Waals surface area contributed by atoms with Gasteiger partial charge in [0.1, 0.15) is 0 Å². The summed E-state index contributed by atoms with van der Waals surface area (Å²) >= 11 is 0. The van der Waals surface area contributed by atoms with Crippen molar-refractivity contribution in [3.63, 3.8) is 0 Å². The number of likely N-dealkylation sites (tertiary alicyclic amines) is 1. The Balaban J connectivity index is 1.48. The zero-order valence-electron chi connectivity index (χ0n) is 10.1. The molecule has 3 fully saturated rings. The van der Waals surface area contributed by atoms with Gasteiger partial charge < -0.3 is 10.2 Å². The van der Waals surface area contributed by atoms with Gasteiger partial charge in [0.2, 0.25) is 5.91 Å². The highest BCUT2D eigenvalue weighted by atomic mass is 16.2. The maximum Gasteiger partial charge on any atom is 0.223 e. The number of nitrogens with one attached hydrogen (secondary N) is 1. The maximum atomic E-state index is 12.1. The van der Waals surface area contributed by atoms with Crippen molar-refractivity contribution in [3.8, 4) is 0 Å². The van der Waals surface area contributed by atoms with Crippen LogP contribution in [0.1, 0.15) is 32.1 Å². The highest BCUT2D eigenvalue weighted by Gasteiger charge is 2.48. The zero-order valence-corrected chi connectivity index (χ0v) is 10.1. The molecule has 2 saturated carbocycles. The second kappa shape index (κ2) is 4.02. The van der Waals surface area contributed by atoms with Gasteiger partial charge in [0.05, 0.1) is 0 Å². The van der Waals surface area contributed by atoms with Crippen LogP contribution < -0.4 is 5.32 Å². The van der Waals surface area contributed by atoms with Crippen molar-refractivity contribution in [2.45, 2.75) is 38.1 Å². The number of amides is 1. The Bertz CT molecular complexity index is 282. The van der Waals surface area contributed by atoms with Crippen LogP contribution in [0.3, 0.4) is 0 Å². The molecule has 0 aromatic heterocycles. The molecular weight excluding hydrogens is 200 g/mol. The van der Waals surface area contributed by atoms with Crippen LogP contribution in [0.15, 0.2) is 0 Å². The Kier molecular flexibility index (Phi) is 2.66. The van der Waals surface area contributed by atoms with Crippen molar-refractivity contribution < 1.29 is 4.79 Å². The molecule has 90 valence electrons. The normalized spacial score (nSPS) is 42.8.